The normalized spacial score (nSPS) is 23.8. The van der Waals surface area contributed by atoms with Crippen LogP contribution in [0.1, 0.15) is 18.4 Å². The number of methoxy groups -OCH3 is 1. The van der Waals surface area contributed by atoms with Gasteiger partial charge in [-0.2, -0.15) is 11.3 Å². The number of rotatable bonds is 4. The molecule has 1 atom stereocenters. The quantitative estimate of drug-likeness (QED) is 0.909. The maximum atomic E-state index is 12.4. The highest BCUT2D eigenvalue weighted by Gasteiger charge is 2.49. The number of amides is 2. The van der Waals surface area contributed by atoms with Gasteiger partial charge in [-0.25, -0.2) is 0 Å². The third-order valence-electron chi connectivity index (χ3n) is 5.05. The van der Waals surface area contributed by atoms with E-state index in [1.54, 1.807) is 18.4 Å². The molecule has 0 unspecified atom stereocenters. The molecule has 1 spiro atoms. The van der Waals surface area contributed by atoms with Crippen LogP contribution in [0, 0.1) is 11.3 Å². The Kier molecular flexibility index (Phi) is 4.49. The topological polar surface area (TPSA) is 58.6 Å². The van der Waals surface area contributed by atoms with Gasteiger partial charge in [-0.3, -0.25) is 9.59 Å². The number of hydrogen-bond acceptors (Lipinski definition) is 4. The van der Waals surface area contributed by atoms with Gasteiger partial charge < -0.3 is 15.0 Å². The molecule has 1 aromatic heterocycles. The van der Waals surface area contributed by atoms with Crippen molar-refractivity contribution in [2.45, 2.75) is 19.3 Å². The highest BCUT2D eigenvalue weighted by atomic mass is 32.1. The van der Waals surface area contributed by atoms with Crippen molar-refractivity contribution in [3.8, 4) is 0 Å². The Bertz CT molecular complexity index is 536. The van der Waals surface area contributed by atoms with E-state index in [0.717, 1.165) is 31.5 Å². The Morgan fingerprint density at radius 2 is 2.27 bits per heavy atom. The van der Waals surface area contributed by atoms with E-state index in [9.17, 15) is 9.59 Å². The maximum Gasteiger partial charge on any atom is 0.227 e. The fraction of sp³-hybridized carbons (Fsp3) is 0.625. The molecule has 3 heterocycles. The van der Waals surface area contributed by atoms with E-state index in [2.05, 4.69) is 5.32 Å². The average Bonchev–Trinajstić information content (AvgIpc) is 3.12. The summed E-state index contributed by atoms with van der Waals surface area (Å²) in [6, 6.07) is 2.00. The summed E-state index contributed by atoms with van der Waals surface area (Å²) < 4.78 is 5.23. The SMILES string of the molecule is COC[C@@H]1C(=O)NCC12CCN(C(=O)Cc1ccsc1)CC2. The fourth-order valence-electron chi connectivity index (χ4n) is 3.61. The number of thiophene rings is 1. The fourth-order valence-corrected chi connectivity index (χ4v) is 4.28. The molecular formula is C16H22N2O3S. The zero-order valence-electron chi connectivity index (χ0n) is 12.8. The maximum absolute atomic E-state index is 12.4. The Hall–Kier alpha value is -1.40. The van der Waals surface area contributed by atoms with Gasteiger partial charge >= 0.3 is 0 Å². The van der Waals surface area contributed by atoms with Crippen LogP contribution in [0.5, 0.6) is 0 Å². The van der Waals surface area contributed by atoms with Crippen molar-refractivity contribution in [2.75, 3.05) is 33.4 Å². The molecule has 2 saturated heterocycles. The van der Waals surface area contributed by atoms with Crippen LogP contribution in [0.25, 0.3) is 0 Å². The van der Waals surface area contributed by atoms with Gasteiger partial charge in [0, 0.05) is 32.2 Å². The van der Waals surface area contributed by atoms with Crippen LogP contribution in [0.4, 0.5) is 0 Å². The summed E-state index contributed by atoms with van der Waals surface area (Å²) in [7, 11) is 1.64. The summed E-state index contributed by atoms with van der Waals surface area (Å²) in [6.07, 6.45) is 2.22. The summed E-state index contributed by atoms with van der Waals surface area (Å²) >= 11 is 1.62. The van der Waals surface area contributed by atoms with Crippen molar-refractivity contribution in [1.29, 1.82) is 0 Å². The second-order valence-electron chi connectivity index (χ2n) is 6.28. The van der Waals surface area contributed by atoms with E-state index in [0.29, 0.717) is 19.6 Å². The molecule has 3 rings (SSSR count). The first-order valence-electron chi connectivity index (χ1n) is 7.70. The first-order valence-corrected chi connectivity index (χ1v) is 8.64. The molecule has 0 aliphatic carbocycles. The van der Waals surface area contributed by atoms with Gasteiger partial charge in [-0.1, -0.05) is 0 Å². The number of carbonyl (C=O) groups is 2. The van der Waals surface area contributed by atoms with Crippen molar-refractivity contribution in [1.82, 2.24) is 10.2 Å². The standard InChI is InChI=1S/C16H22N2O3S/c1-21-9-13-15(20)17-11-16(13)3-5-18(6-4-16)14(19)8-12-2-7-22-10-12/h2,7,10,13H,3-6,8-9,11H2,1H3,(H,17,20)/t13-/m1/s1. The molecule has 0 saturated carbocycles. The van der Waals surface area contributed by atoms with E-state index in [1.807, 2.05) is 21.7 Å². The number of hydrogen-bond donors (Lipinski definition) is 1. The summed E-state index contributed by atoms with van der Waals surface area (Å²) in [5.41, 5.74) is 1.05. The van der Waals surface area contributed by atoms with Crippen LogP contribution in [0.3, 0.4) is 0 Å². The third-order valence-corrected chi connectivity index (χ3v) is 5.78. The highest BCUT2D eigenvalue weighted by molar-refractivity contribution is 7.07. The molecule has 0 bridgehead atoms. The lowest BCUT2D eigenvalue weighted by Crippen LogP contribution is -2.47. The summed E-state index contributed by atoms with van der Waals surface area (Å²) in [6.45, 7) is 2.65. The summed E-state index contributed by atoms with van der Waals surface area (Å²) in [4.78, 5) is 26.3. The molecular weight excluding hydrogens is 300 g/mol. The van der Waals surface area contributed by atoms with Crippen LogP contribution in [-0.2, 0) is 20.7 Å². The second-order valence-corrected chi connectivity index (χ2v) is 7.06. The zero-order chi connectivity index (χ0) is 15.6. The van der Waals surface area contributed by atoms with Crippen LogP contribution in [-0.4, -0.2) is 50.1 Å². The minimum Gasteiger partial charge on any atom is -0.384 e. The van der Waals surface area contributed by atoms with E-state index in [4.69, 9.17) is 4.74 Å². The molecule has 5 nitrogen and oxygen atoms in total. The second kappa shape index (κ2) is 6.38. The van der Waals surface area contributed by atoms with E-state index in [1.165, 1.54) is 0 Å². The van der Waals surface area contributed by atoms with Gasteiger partial charge in [0.15, 0.2) is 0 Å². The van der Waals surface area contributed by atoms with Crippen molar-refractivity contribution in [3.63, 3.8) is 0 Å². The van der Waals surface area contributed by atoms with Crippen LogP contribution in [0.15, 0.2) is 16.8 Å². The smallest absolute Gasteiger partial charge is 0.227 e. The third kappa shape index (κ3) is 2.90. The predicted octanol–water partition coefficient (Wildman–Crippen LogP) is 1.29. The largest absolute Gasteiger partial charge is 0.384 e. The molecule has 2 aliphatic heterocycles. The number of likely N-dealkylation sites (tertiary alicyclic amines) is 1. The molecule has 0 aromatic carbocycles. The van der Waals surface area contributed by atoms with Gasteiger partial charge in [0.2, 0.25) is 11.8 Å². The first kappa shape index (κ1) is 15.5. The number of carbonyl (C=O) groups excluding carboxylic acids is 2. The van der Waals surface area contributed by atoms with Crippen LogP contribution in [0.2, 0.25) is 0 Å². The lowest BCUT2D eigenvalue weighted by atomic mass is 9.71. The summed E-state index contributed by atoms with van der Waals surface area (Å²) in [5.74, 6) is 0.209. The van der Waals surface area contributed by atoms with Crippen LogP contribution >= 0.6 is 11.3 Å². The van der Waals surface area contributed by atoms with Crippen LogP contribution < -0.4 is 5.32 Å². The first-order chi connectivity index (χ1) is 10.6. The molecule has 2 fully saturated rings. The molecule has 2 amide bonds. The molecule has 1 N–H and O–H groups in total. The average molecular weight is 322 g/mol. The number of piperidine rings is 1. The van der Waals surface area contributed by atoms with E-state index < -0.39 is 0 Å². The highest BCUT2D eigenvalue weighted by Crippen LogP contribution is 2.42. The van der Waals surface area contributed by atoms with Crippen molar-refractivity contribution in [2.24, 2.45) is 11.3 Å². The molecule has 0 radical (unpaired) electrons. The van der Waals surface area contributed by atoms with Crippen molar-refractivity contribution < 1.29 is 14.3 Å². The molecule has 22 heavy (non-hydrogen) atoms. The van der Waals surface area contributed by atoms with Crippen molar-refractivity contribution in [3.05, 3.63) is 22.4 Å². The number of nitrogens with one attached hydrogen (secondary N) is 1. The lowest BCUT2D eigenvalue weighted by molar-refractivity contribution is -0.134. The predicted molar refractivity (Wildman–Crippen MR) is 84.6 cm³/mol. The van der Waals surface area contributed by atoms with Gasteiger partial charge in [0.25, 0.3) is 0 Å². The monoisotopic (exact) mass is 322 g/mol. The van der Waals surface area contributed by atoms with Gasteiger partial charge in [0.1, 0.15) is 0 Å². The van der Waals surface area contributed by atoms with E-state index in [-0.39, 0.29) is 23.1 Å². The Labute approximate surface area is 134 Å². The van der Waals surface area contributed by atoms with E-state index >= 15 is 0 Å². The molecule has 2 aliphatic rings. The Morgan fingerprint density at radius 3 is 2.91 bits per heavy atom. The number of nitrogens with zero attached hydrogens (tertiary/aromatic N) is 1. The number of ether oxygens (including phenoxy) is 1. The van der Waals surface area contributed by atoms with Crippen molar-refractivity contribution >= 4 is 23.2 Å². The Morgan fingerprint density at radius 1 is 1.50 bits per heavy atom. The molecule has 120 valence electrons. The minimum atomic E-state index is -0.0772. The lowest BCUT2D eigenvalue weighted by Gasteiger charge is -2.41. The van der Waals surface area contributed by atoms with Gasteiger partial charge in [-0.05, 0) is 35.2 Å². The minimum absolute atomic E-state index is 0.0355. The molecule has 6 heteroatoms. The zero-order valence-corrected chi connectivity index (χ0v) is 13.7. The summed E-state index contributed by atoms with van der Waals surface area (Å²) in [5, 5.41) is 7.00. The Balaban J connectivity index is 1.60. The molecule has 1 aromatic rings. The van der Waals surface area contributed by atoms with Gasteiger partial charge in [0.05, 0.1) is 18.9 Å². The van der Waals surface area contributed by atoms with Gasteiger partial charge in [-0.15, -0.1) is 0 Å².